The summed E-state index contributed by atoms with van der Waals surface area (Å²) in [6.45, 7) is 12.2. The van der Waals surface area contributed by atoms with E-state index in [0.717, 1.165) is 5.75 Å². The van der Waals surface area contributed by atoms with Crippen molar-refractivity contribution in [3.05, 3.63) is 30.3 Å². The number of para-hydroxylation sites is 1. The Kier molecular flexibility index (Phi) is 5.43. The summed E-state index contributed by atoms with van der Waals surface area (Å²) in [4.78, 5) is 11.6. The Morgan fingerprint density at radius 2 is 1.57 bits per heavy atom. The molecule has 3 heteroatoms. The molecule has 0 fully saturated rings. The van der Waals surface area contributed by atoms with E-state index in [0.29, 0.717) is 6.42 Å². The van der Waals surface area contributed by atoms with Gasteiger partial charge >= 0.3 is 5.97 Å². The Morgan fingerprint density at radius 3 is 1.95 bits per heavy atom. The maximum absolute atomic E-state index is 11.6. The minimum atomic E-state index is -0.756. The second kappa shape index (κ2) is 6.50. The number of aliphatic carboxylic acids is 1. The molecule has 0 aliphatic heterocycles. The molecule has 1 aromatic carbocycles. The summed E-state index contributed by atoms with van der Waals surface area (Å²) in [6, 6.07) is 9.60. The van der Waals surface area contributed by atoms with E-state index in [2.05, 4.69) is 20.8 Å². The standard InChI is InChI=1S/C18H28O3/c1-17(2,3)14(16(19)20)12-15(18(4,5)6)21-13-10-8-7-9-11-13/h7-11,14-15H,12H2,1-6H3,(H,19,20). The van der Waals surface area contributed by atoms with Crippen LogP contribution < -0.4 is 4.74 Å². The van der Waals surface area contributed by atoms with Gasteiger partial charge in [-0.2, -0.15) is 0 Å². The molecule has 0 radical (unpaired) electrons. The van der Waals surface area contributed by atoms with Crippen LogP contribution in [0.25, 0.3) is 0 Å². The molecule has 0 spiro atoms. The molecule has 0 aliphatic rings. The van der Waals surface area contributed by atoms with Crippen molar-refractivity contribution in [1.29, 1.82) is 0 Å². The summed E-state index contributed by atoms with van der Waals surface area (Å²) >= 11 is 0. The Morgan fingerprint density at radius 1 is 1.05 bits per heavy atom. The molecule has 2 unspecified atom stereocenters. The minimum Gasteiger partial charge on any atom is -0.490 e. The summed E-state index contributed by atoms with van der Waals surface area (Å²) in [7, 11) is 0. The summed E-state index contributed by atoms with van der Waals surface area (Å²) in [5, 5.41) is 9.53. The molecule has 0 amide bonds. The lowest BCUT2D eigenvalue weighted by Gasteiger charge is -2.36. The van der Waals surface area contributed by atoms with Gasteiger partial charge in [0.25, 0.3) is 0 Å². The third-order valence-corrected chi connectivity index (χ3v) is 3.78. The van der Waals surface area contributed by atoms with Crippen LogP contribution in [0.4, 0.5) is 0 Å². The van der Waals surface area contributed by atoms with Crippen molar-refractivity contribution in [2.24, 2.45) is 16.7 Å². The van der Waals surface area contributed by atoms with E-state index in [1.165, 1.54) is 0 Å². The zero-order chi connectivity index (χ0) is 16.3. The summed E-state index contributed by atoms with van der Waals surface area (Å²) in [5.74, 6) is -0.408. The van der Waals surface area contributed by atoms with Gasteiger partial charge in [-0.15, -0.1) is 0 Å². The predicted octanol–water partition coefficient (Wildman–Crippen LogP) is 4.62. The van der Waals surface area contributed by atoms with Crippen LogP contribution in [-0.2, 0) is 4.79 Å². The Hall–Kier alpha value is -1.51. The third-order valence-electron chi connectivity index (χ3n) is 3.78. The molecule has 1 N–H and O–H groups in total. The maximum atomic E-state index is 11.6. The smallest absolute Gasteiger partial charge is 0.307 e. The van der Waals surface area contributed by atoms with Crippen molar-refractivity contribution < 1.29 is 14.6 Å². The molecular weight excluding hydrogens is 264 g/mol. The first-order chi connectivity index (χ1) is 9.51. The van der Waals surface area contributed by atoms with Crippen molar-refractivity contribution in [1.82, 2.24) is 0 Å². The van der Waals surface area contributed by atoms with Crippen molar-refractivity contribution in [2.45, 2.75) is 54.1 Å². The molecule has 3 nitrogen and oxygen atoms in total. The number of benzene rings is 1. The van der Waals surface area contributed by atoms with Crippen molar-refractivity contribution in [3.8, 4) is 5.75 Å². The quantitative estimate of drug-likeness (QED) is 0.861. The van der Waals surface area contributed by atoms with Gasteiger partial charge in [0.2, 0.25) is 0 Å². The molecule has 21 heavy (non-hydrogen) atoms. The second-order valence-corrected chi connectivity index (χ2v) is 7.78. The van der Waals surface area contributed by atoms with Crippen LogP contribution >= 0.6 is 0 Å². The molecule has 0 aromatic heterocycles. The number of hydrogen-bond donors (Lipinski definition) is 1. The molecule has 118 valence electrons. The number of ether oxygens (including phenoxy) is 1. The van der Waals surface area contributed by atoms with Gasteiger partial charge in [0.05, 0.1) is 5.92 Å². The van der Waals surface area contributed by atoms with Crippen LogP contribution in [0.2, 0.25) is 0 Å². The molecule has 1 rings (SSSR count). The second-order valence-electron chi connectivity index (χ2n) is 7.78. The van der Waals surface area contributed by atoms with Crippen LogP contribution in [-0.4, -0.2) is 17.2 Å². The van der Waals surface area contributed by atoms with Crippen LogP contribution in [0.3, 0.4) is 0 Å². The predicted molar refractivity (Wildman–Crippen MR) is 85.5 cm³/mol. The minimum absolute atomic E-state index is 0.130. The van der Waals surface area contributed by atoms with Gasteiger partial charge in [0.15, 0.2) is 0 Å². The van der Waals surface area contributed by atoms with Gasteiger partial charge in [0, 0.05) is 0 Å². The SMILES string of the molecule is CC(C)(C)C(CC(C(=O)O)C(C)(C)C)Oc1ccccc1. The lowest BCUT2D eigenvalue weighted by Crippen LogP contribution is -2.39. The summed E-state index contributed by atoms with van der Waals surface area (Å²) in [5.41, 5.74) is -0.426. The average molecular weight is 292 g/mol. The van der Waals surface area contributed by atoms with Gasteiger partial charge in [0.1, 0.15) is 11.9 Å². The van der Waals surface area contributed by atoms with Gasteiger partial charge in [-0.3, -0.25) is 4.79 Å². The van der Waals surface area contributed by atoms with E-state index in [1.54, 1.807) is 0 Å². The average Bonchev–Trinajstić information content (AvgIpc) is 2.32. The van der Waals surface area contributed by atoms with Crippen LogP contribution in [0, 0.1) is 16.7 Å². The normalized spacial score (nSPS) is 15.3. The van der Waals surface area contributed by atoms with E-state index in [9.17, 15) is 9.90 Å². The van der Waals surface area contributed by atoms with Crippen LogP contribution in [0.1, 0.15) is 48.0 Å². The monoisotopic (exact) mass is 292 g/mol. The van der Waals surface area contributed by atoms with E-state index >= 15 is 0 Å². The molecule has 1 aromatic rings. The number of rotatable bonds is 5. The maximum Gasteiger partial charge on any atom is 0.307 e. The number of carboxylic acid groups (broad SMARTS) is 1. The molecule has 0 saturated carbocycles. The zero-order valence-corrected chi connectivity index (χ0v) is 14.0. The highest BCUT2D eigenvalue weighted by Crippen LogP contribution is 2.36. The van der Waals surface area contributed by atoms with E-state index in [4.69, 9.17) is 4.74 Å². The lowest BCUT2D eigenvalue weighted by atomic mass is 9.73. The van der Waals surface area contributed by atoms with E-state index < -0.39 is 11.9 Å². The van der Waals surface area contributed by atoms with Gasteiger partial charge < -0.3 is 9.84 Å². The van der Waals surface area contributed by atoms with Gasteiger partial charge in [-0.05, 0) is 29.4 Å². The highest BCUT2D eigenvalue weighted by molar-refractivity contribution is 5.71. The Labute approximate surface area is 128 Å². The lowest BCUT2D eigenvalue weighted by molar-refractivity contribution is -0.147. The fraction of sp³-hybridized carbons (Fsp3) is 0.611. The molecule has 2 atom stereocenters. The van der Waals surface area contributed by atoms with Crippen molar-refractivity contribution in [3.63, 3.8) is 0 Å². The number of carboxylic acids is 1. The fourth-order valence-corrected chi connectivity index (χ4v) is 2.28. The first-order valence-electron chi connectivity index (χ1n) is 7.46. The van der Waals surface area contributed by atoms with Gasteiger partial charge in [-0.1, -0.05) is 59.7 Å². The zero-order valence-electron chi connectivity index (χ0n) is 14.0. The van der Waals surface area contributed by atoms with Crippen LogP contribution in [0.5, 0.6) is 5.75 Å². The highest BCUT2D eigenvalue weighted by Gasteiger charge is 2.38. The van der Waals surface area contributed by atoms with E-state index in [1.807, 2.05) is 51.1 Å². The summed E-state index contributed by atoms with van der Waals surface area (Å²) < 4.78 is 6.09. The van der Waals surface area contributed by atoms with Crippen molar-refractivity contribution >= 4 is 5.97 Å². The van der Waals surface area contributed by atoms with Crippen molar-refractivity contribution in [2.75, 3.05) is 0 Å². The molecule has 0 saturated heterocycles. The largest absolute Gasteiger partial charge is 0.490 e. The number of hydrogen-bond acceptors (Lipinski definition) is 2. The first kappa shape index (κ1) is 17.5. The molecule has 0 aliphatic carbocycles. The Balaban J connectivity index is 2.96. The fourth-order valence-electron chi connectivity index (χ4n) is 2.28. The molecular formula is C18H28O3. The molecule has 0 bridgehead atoms. The van der Waals surface area contributed by atoms with Crippen LogP contribution in [0.15, 0.2) is 30.3 Å². The third kappa shape index (κ3) is 5.41. The first-order valence-corrected chi connectivity index (χ1v) is 7.46. The highest BCUT2D eigenvalue weighted by atomic mass is 16.5. The van der Waals surface area contributed by atoms with E-state index in [-0.39, 0.29) is 16.9 Å². The number of carbonyl (C=O) groups is 1. The molecule has 0 heterocycles. The topological polar surface area (TPSA) is 46.5 Å². The van der Waals surface area contributed by atoms with Gasteiger partial charge in [-0.25, -0.2) is 0 Å². The summed E-state index contributed by atoms with van der Waals surface area (Å²) in [6.07, 6.45) is 0.345. The Bertz CT molecular complexity index is 452.